The van der Waals surface area contributed by atoms with E-state index in [4.69, 9.17) is 9.47 Å². The maximum absolute atomic E-state index is 13.1. The zero-order valence-electron chi connectivity index (χ0n) is 19.1. The van der Waals surface area contributed by atoms with Gasteiger partial charge in [0, 0.05) is 5.92 Å². The van der Waals surface area contributed by atoms with E-state index in [2.05, 4.69) is 29.7 Å². The summed E-state index contributed by atoms with van der Waals surface area (Å²) in [7, 11) is 0. The molecule has 6 nitrogen and oxygen atoms in total. The van der Waals surface area contributed by atoms with Gasteiger partial charge in [0.2, 0.25) is 0 Å². The fourth-order valence-corrected chi connectivity index (χ4v) is 3.74. The molecular weight excluding hydrogens is 392 g/mol. The molecule has 0 radical (unpaired) electrons. The van der Waals surface area contributed by atoms with Gasteiger partial charge in [-0.05, 0) is 64.3 Å². The Labute approximate surface area is 184 Å². The minimum atomic E-state index is -0.706. The Morgan fingerprint density at radius 3 is 2.26 bits per heavy atom. The van der Waals surface area contributed by atoms with Gasteiger partial charge in [-0.15, -0.1) is 0 Å². The summed E-state index contributed by atoms with van der Waals surface area (Å²) in [6.45, 7) is 10.7. The first kappa shape index (κ1) is 22.7. The first-order valence-electron chi connectivity index (χ1n) is 10.6. The Bertz CT molecular complexity index is 980. The van der Waals surface area contributed by atoms with E-state index in [9.17, 15) is 9.59 Å². The van der Waals surface area contributed by atoms with E-state index in [1.54, 1.807) is 41.5 Å². The Hall–Kier alpha value is -3.02. The number of nitrogens with zero attached hydrogens (tertiary/aromatic N) is 1. The van der Waals surface area contributed by atoms with Crippen LogP contribution < -0.4 is 5.43 Å². The number of carbonyl (C=O) groups excluding carboxylic acids is 2. The van der Waals surface area contributed by atoms with Crippen molar-refractivity contribution < 1.29 is 19.1 Å². The van der Waals surface area contributed by atoms with Crippen molar-refractivity contribution >= 4 is 23.0 Å². The van der Waals surface area contributed by atoms with Gasteiger partial charge in [-0.1, -0.05) is 54.6 Å². The maximum Gasteiger partial charge on any atom is 0.429 e. The third kappa shape index (κ3) is 5.78. The normalized spacial score (nSPS) is 18.6. The van der Waals surface area contributed by atoms with Gasteiger partial charge in [-0.2, -0.15) is 0 Å². The first-order valence-corrected chi connectivity index (χ1v) is 10.6. The van der Waals surface area contributed by atoms with E-state index < -0.39 is 29.4 Å². The molecule has 0 fully saturated rings. The van der Waals surface area contributed by atoms with Crippen molar-refractivity contribution in [2.45, 2.75) is 71.1 Å². The molecule has 0 bridgehead atoms. The van der Waals surface area contributed by atoms with Crippen LogP contribution in [0.25, 0.3) is 10.8 Å². The second-order valence-corrected chi connectivity index (χ2v) is 9.79. The average molecular weight is 425 g/mol. The third-order valence-corrected chi connectivity index (χ3v) is 4.86. The quantitative estimate of drug-likeness (QED) is 0.479. The SMILES string of the molecule is CC(C)(C)OC(=O)NN(C(=O)OC(C)(C)C)[C@@H]1C=CC[C@H]1c1cccc2ccccc12. The highest BCUT2D eigenvalue weighted by molar-refractivity contribution is 5.86. The molecule has 1 aliphatic rings. The zero-order chi connectivity index (χ0) is 22.8. The van der Waals surface area contributed by atoms with Crippen molar-refractivity contribution in [3.63, 3.8) is 0 Å². The molecule has 0 aliphatic heterocycles. The van der Waals surface area contributed by atoms with Crippen LogP contribution >= 0.6 is 0 Å². The number of nitrogens with one attached hydrogen (secondary N) is 1. The van der Waals surface area contributed by atoms with Crippen LogP contribution in [0, 0.1) is 0 Å². The van der Waals surface area contributed by atoms with E-state index in [1.807, 2.05) is 30.4 Å². The monoisotopic (exact) mass is 424 g/mol. The van der Waals surface area contributed by atoms with Gasteiger partial charge in [0.25, 0.3) is 0 Å². The van der Waals surface area contributed by atoms with Crippen molar-refractivity contribution in [3.05, 3.63) is 60.2 Å². The number of hydrogen-bond donors (Lipinski definition) is 1. The van der Waals surface area contributed by atoms with Gasteiger partial charge in [-0.3, -0.25) is 0 Å². The molecule has 1 aliphatic carbocycles. The van der Waals surface area contributed by atoms with Crippen molar-refractivity contribution in [2.24, 2.45) is 0 Å². The molecule has 6 heteroatoms. The lowest BCUT2D eigenvalue weighted by Crippen LogP contribution is -2.54. The van der Waals surface area contributed by atoms with Gasteiger partial charge < -0.3 is 9.47 Å². The lowest BCUT2D eigenvalue weighted by Gasteiger charge is -2.34. The third-order valence-electron chi connectivity index (χ3n) is 4.86. The molecule has 0 saturated carbocycles. The molecule has 0 saturated heterocycles. The molecule has 1 N–H and O–H groups in total. The van der Waals surface area contributed by atoms with Gasteiger partial charge in [0.1, 0.15) is 11.2 Å². The number of allylic oxidation sites excluding steroid dienone is 1. The largest absolute Gasteiger partial charge is 0.443 e. The Kier molecular flexibility index (Phi) is 6.30. The van der Waals surface area contributed by atoms with Crippen molar-refractivity contribution in [3.8, 4) is 0 Å². The van der Waals surface area contributed by atoms with E-state index in [0.717, 1.165) is 22.8 Å². The lowest BCUT2D eigenvalue weighted by atomic mass is 9.89. The number of amides is 2. The Morgan fingerprint density at radius 2 is 1.58 bits per heavy atom. The standard InChI is InChI=1S/C25H32N2O4/c1-24(2,3)30-22(28)26-27(23(29)31-25(4,5)6)21-16-10-15-20(21)19-14-9-12-17-11-7-8-13-18(17)19/h7-14,16,20-21H,15H2,1-6H3,(H,26,28)/t20-,21+/m0/s1. The highest BCUT2D eigenvalue weighted by atomic mass is 16.6. The van der Waals surface area contributed by atoms with Crippen LogP contribution in [0.3, 0.4) is 0 Å². The first-order chi connectivity index (χ1) is 14.4. The summed E-state index contributed by atoms with van der Waals surface area (Å²) >= 11 is 0. The second kappa shape index (κ2) is 8.61. The summed E-state index contributed by atoms with van der Waals surface area (Å²) in [5, 5.41) is 3.52. The molecular formula is C25H32N2O4. The predicted molar refractivity (Wildman–Crippen MR) is 122 cm³/mol. The topological polar surface area (TPSA) is 67.9 Å². The van der Waals surface area contributed by atoms with Crippen LogP contribution in [0.4, 0.5) is 9.59 Å². The highest BCUT2D eigenvalue weighted by Crippen LogP contribution is 2.37. The number of hydrazine groups is 1. The summed E-state index contributed by atoms with van der Waals surface area (Å²) in [6.07, 6.45) is 3.39. The second-order valence-electron chi connectivity index (χ2n) is 9.79. The van der Waals surface area contributed by atoms with E-state index in [1.165, 1.54) is 5.01 Å². The van der Waals surface area contributed by atoms with Crippen molar-refractivity contribution in [2.75, 3.05) is 0 Å². The molecule has 0 aromatic heterocycles. The van der Waals surface area contributed by atoms with Crippen molar-refractivity contribution in [1.82, 2.24) is 10.4 Å². The van der Waals surface area contributed by atoms with E-state index >= 15 is 0 Å². The van der Waals surface area contributed by atoms with Crippen LogP contribution in [-0.2, 0) is 9.47 Å². The Morgan fingerprint density at radius 1 is 0.935 bits per heavy atom. The zero-order valence-corrected chi connectivity index (χ0v) is 19.1. The number of benzene rings is 2. The average Bonchev–Trinajstić information content (AvgIpc) is 3.12. The molecule has 3 rings (SSSR count). The minimum Gasteiger partial charge on any atom is -0.443 e. The fourth-order valence-electron chi connectivity index (χ4n) is 3.74. The molecule has 2 aromatic rings. The molecule has 2 aromatic carbocycles. The molecule has 2 amide bonds. The van der Waals surface area contributed by atoms with E-state index in [-0.39, 0.29) is 5.92 Å². The summed E-state index contributed by atoms with van der Waals surface area (Å²) in [5.41, 5.74) is 2.35. The number of rotatable bonds is 2. The lowest BCUT2D eigenvalue weighted by molar-refractivity contribution is -0.00651. The molecule has 31 heavy (non-hydrogen) atoms. The highest BCUT2D eigenvalue weighted by Gasteiger charge is 2.37. The molecule has 0 spiro atoms. The number of ether oxygens (including phenoxy) is 2. The van der Waals surface area contributed by atoms with Crippen LogP contribution in [0.15, 0.2) is 54.6 Å². The minimum absolute atomic E-state index is 0.0337. The van der Waals surface area contributed by atoms with Crippen LogP contribution in [0.1, 0.15) is 59.4 Å². The molecule has 0 unspecified atom stereocenters. The summed E-state index contributed by atoms with van der Waals surface area (Å²) in [5.74, 6) is -0.0337. The van der Waals surface area contributed by atoms with Gasteiger partial charge in [0.15, 0.2) is 0 Å². The van der Waals surface area contributed by atoms with Gasteiger partial charge in [-0.25, -0.2) is 20.0 Å². The number of hydrogen-bond acceptors (Lipinski definition) is 4. The summed E-state index contributed by atoms with van der Waals surface area (Å²) in [6, 6.07) is 13.9. The molecule has 166 valence electrons. The Balaban J connectivity index is 1.95. The molecule has 2 atom stereocenters. The van der Waals surface area contributed by atoms with E-state index in [0.29, 0.717) is 0 Å². The fraction of sp³-hybridized carbons (Fsp3) is 0.440. The summed E-state index contributed by atoms with van der Waals surface area (Å²) < 4.78 is 11.0. The van der Waals surface area contributed by atoms with Crippen LogP contribution in [0.2, 0.25) is 0 Å². The predicted octanol–water partition coefficient (Wildman–Crippen LogP) is 5.93. The summed E-state index contributed by atoms with van der Waals surface area (Å²) in [4.78, 5) is 25.6. The van der Waals surface area contributed by atoms with Gasteiger partial charge >= 0.3 is 12.2 Å². The maximum atomic E-state index is 13.1. The van der Waals surface area contributed by atoms with Gasteiger partial charge in [0.05, 0.1) is 6.04 Å². The van der Waals surface area contributed by atoms with Crippen LogP contribution in [-0.4, -0.2) is 34.4 Å². The smallest absolute Gasteiger partial charge is 0.429 e. The van der Waals surface area contributed by atoms with Crippen LogP contribution in [0.5, 0.6) is 0 Å². The van der Waals surface area contributed by atoms with Crippen molar-refractivity contribution in [1.29, 1.82) is 0 Å². The number of fused-ring (bicyclic) bond motifs is 1. The molecule has 0 heterocycles. The number of carbonyl (C=O) groups is 2.